The van der Waals surface area contributed by atoms with Gasteiger partial charge in [-0.1, -0.05) is 127 Å². The predicted octanol–water partition coefficient (Wildman–Crippen LogP) is 11.9. The fourth-order valence-corrected chi connectivity index (χ4v) is 7.63. The van der Waals surface area contributed by atoms with Crippen molar-refractivity contribution in [2.75, 3.05) is 0 Å². The number of nitrogens with zero attached hydrogens (tertiary/aromatic N) is 2. The van der Waals surface area contributed by atoms with Gasteiger partial charge < -0.3 is 9.13 Å². The van der Waals surface area contributed by atoms with Crippen molar-refractivity contribution in [3.8, 4) is 22.5 Å². The second-order valence-electron chi connectivity index (χ2n) is 12.2. The summed E-state index contributed by atoms with van der Waals surface area (Å²) in [6.07, 6.45) is 0. The Kier molecular flexibility index (Phi) is 5.31. The van der Waals surface area contributed by atoms with E-state index in [1.54, 1.807) is 0 Å². The van der Waals surface area contributed by atoms with Crippen LogP contribution in [-0.2, 0) is 0 Å². The van der Waals surface area contributed by atoms with Crippen molar-refractivity contribution in [3.05, 3.63) is 170 Å². The lowest BCUT2D eigenvalue weighted by molar-refractivity contribution is 1.18. The maximum atomic E-state index is 2.50. The lowest BCUT2D eigenvalue weighted by Crippen LogP contribution is -1.95. The molecule has 8 aromatic carbocycles. The summed E-state index contributed by atoms with van der Waals surface area (Å²) < 4.78 is 4.94. The van der Waals surface area contributed by atoms with Crippen molar-refractivity contribution in [2.24, 2.45) is 0 Å². The Morgan fingerprint density at radius 1 is 0.326 bits per heavy atom. The van der Waals surface area contributed by atoms with Gasteiger partial charge in [-0.25, -0.2) is 0 Å². The molecule has 10 rings (SSSR count). The number of hydrogen-bond acceptors (Lipinski definition) is 0. The lowest BCUT2D eigenvalue weighted by Gasteiger charge is -2.11. The van der Waals surface area contributed by atoms with E-state index in [2.05, 4.69) is 179 Å². The first-order valence-electron chi connectivity index (χ1n) is 15.9. The minimum atomic E-state index is 1.16. The Bertz CT molecular complexity index is 2780. The van der Waals surface area contributed by atoms with Gasteiger partial charge in [0.15, 0.2) is 0 Å². The summed E-state index contributed by atoms with van der Waals surface area (Å²) in [6, 6.07) is 62.0. The average molecular weight is 585 g/mol. The summed E-state index contributed by atoms with van der Waals surface area (Å²) in [4.78, 5) is 0. The highest BCUT2D eigenvalue weighted by Gasteiger charge is 2.21. The third-order valence-electron chi connectivity index (χ3n) is 9.65. The molecule has 0 N–H and O–H groups in total. The van der Waals surface area contributed by atoms with Gasteiger partial charge in [0.2, 0.25) is 0 Å². The third-order valence-corrected chi connectivity index (χ3v) is 9.65. The molecule has 0 radical (unpaired) electrons. The molecule has 214 valence electrons. The zero-order chi connectivity index (χ0) is 30.2. The molecule has 10 aromatic rings. The number of fused-ring (bicyclic) bond motifs is 9. The van der Waals surface area contributed by atoms with Crippen LogP contribution in [0.3, 0.4) is 0 Å². The summed E-state index contributed by atoms with van der Waals surface area (Å²) in [5.74, 6) is 0. The van der Waals surface area contributed by atoms with Gasteiger partial charge in [-0.3, -0.25) is 0 Å². The van der Waals surface area contributed by atoms with E-state index in [1.165, 1.54) is 82.0 Å². The zero-order valence-corrected chi connectivity index (χ0v) is 25.1. The van der Waals surface area contributed by atoms with E-state index in [4.69, 9.17) is 0 Å². The molecule has 0 amide bonds. The normalized spacial score (nSPS) is 11.9. The topological polar surface area (TPSA) is 9.86 Å². The molecular formula is C44H28N2. The van der Waals surface area contributed by atoms with E-state index < -0.39 is 0 Å². The van der Waals surface area contributed by atoms with Crippen LogP contribution < -0.4 is 0 Å². The molecule has 0 aliphatic carbocycles. The van der Waals surface area contributed by atoms with Crippen LogP contribution in [0.2, 0.25) is 0 Å². The second kappa shape index (κ2) is 9.69. The van der Waals surface area contributed by atoms with Crippen molar-refractivity contribution in [1.82, 2.24) is 9.13 Å². The van der Waals surface area contributed by atoms with Crippen LogP contribution in [0, 0.1) is 0 Å². The molecule has 0 aliphatic heterocycles. The Morgan fingerprint density at radius 2 is 1.00 bits per heavy atom. The van der Waals surface area contributed by atoms with Crippen molar-refractivity contribution in [2.45, 2.75) is 0 Å². The summed E-state index contributed by atoms with van der Waals surface area (Å²) in [5.41, 5.74) is 9.68. The van der Waals surface area contributed by atoms with Gasteiger partial charge in [0, 0.05) is 38.3 Å². The minimum absolute atomic E-state index is 1.16. The van der Waals surface area contributed by atoms with E-state index in [0.29, 0.717) is 0 Å². The molecule has 2 nitrogen and oxygen atoms in total. The molecule has 46 heavy (non-hydrogen) atoms. The van der Waals surface area contributed by atoms with Crippen LogP contribution in [0.5, 0.6) is 0 Å². The smallest absolute Gasteiger partial charge is 0.0619 e. The predicted molar refractivity (Wildman–Crippen MR) is 196 cm³/mol. The Morgan fingerprint density at radius 3 is 1.85 bits per heavy atom. The summed E-state index contributed by atoms with van der Waals surface area (Å²) in [6.45, 7) is 0. The van der Waals surface area contributed by atoms with Crippen LogP contribution in [-0.4, -0.2) is 9.13 Å². The largest absolute Gasteiger partial charge is 0.309 e. The molecule has 0 atom stereocenters. The molecule has 2 heteroatoms. The summed E-state index contributed by atoms with van der Waals surface area (Å²) >= 11 is 0. The van der Waals surface area contributed by atoms with E-state index in [1.807, 2.05) is 0 Å². The number of rotatable bonds is 3. The molecule has 0 saturated heterocycles. The second-order valence-corrected chi connectivity index (χ2v) is 12.2. The fourth-order valence-electron chi connectivity index (χ4n) is 7.63. The summed E-state index contributed by atoms with van der Waals surface area (Å²) in [7, 11) is 0. The van der Waals surface area contributed by atoms with Crippen LogP contribution in [0.25, 0.3) is 87.7 Å². The monoisotopic (exact) mass is 584 g/mol. The minimum Gasteiger partial charge on any atom is -0.309 e. The van der Waals surface area contributed by atoms with Crippen LogP contribution in [0.4, 0.5) is 0 Å². The molecule has 0 aliphatic rings. The third kappa shape index (κ3) is 3.59. The number of hydrogen-bond donors (Lipinski definition) is 0. The molecule has 0 saturated carbocycles. The first kappa shape index (κ1) is 25.2. The molecule has 0 unspecified atom stereocenters. The maximum Gasteiger partial charge on any atom is 0.0619 e. The van der Waals surface area contributed by atoms with Gasteiger partial charge in [0.25, 0.3) is 0 Å². The fraction of sp³-hybridized carbons (Fsp3) is 0. The molecule has 2 heterocycles. The standard InChI is InChI=1S/C44H28N2/c1-3-13-30(14-4-1)35-20-11-21-40-43(35)39-28-41-38(27-42(39)45(40)33-17-5-2-6-18-33)37-25-23-31-15-9-10-19-36(31)44(37)46(41)34-24-22-29-12-7-8-16-32(29)26-34/h1-28H. The van der Waals surface area contributed by atoms with Gasteiger partial charge in [0.05, 0.1) is 22.1 Å². The van der Waals surface area contributed by atoms with Gasteiger partial charge in [-0.05, 0) is 69.8 Å². The van der Waals surface area contributed by atoms with Crippen molar-refractivity contribution in [3.63, 3.8) is 0 Å². The van der Waals surface area contributed by atoms with E-state index in [0.717, 1.165) is 5.69 Å². The number of para-hydroxylation sites is 1. The van der Waals surface area contributed by atoms with Crippen molar-refractivity contribution in [1.29, 1.82) is 0 Å². The number of benzene rings is 8. The van der Waals surface area contributed by atoms with Crippen molar-refractivity contribution >= 4 is 65.2 Å². The number of aromatic nitrogens is 2. The molecule has 0 bridgehead atoms. The van der Waals surface area contributed by atoms with Gasteiger partial charge in [-0.2, -0.15) is 0 Å². The Labute approximate surface area is 266 Å². The lowest BCUT2D eigenvalue weighted by atomic mass is 9.99. The van der Waals surface area contributed by atoms with Gasteiger partial charge in [0.1, 0.15) is 0 Å². The van der Waals surface area contributed by atoms with Crippen LogP contribution >= 0.6 is 0 Å². The molecule has 0 spiro atoms. The average Bonchev–Trinajstić information content (AvgIpc) is 3.63. The van der Waals surface area contributed by atoms with Crippen LogP contribution in [0.15, 0.2) is 170 Å². The zero-order valence-electron chi connectivity index (χ0n) is 25.1. The highest BCUT2D eigenvalue weighted by Crippen LogP contribution is 2.44. The van der Waals surface area contributed by atoms with Gasteiger partial charge >= 0.3 is 0 Å². The molecule has 0 fully saturated rings. The Balaban J connectivity index is 1.43. The molecular weight excluding hydrogens is 556 g/mol. The first-order valence-corrected chi connectivity index (χ1v) is 15.9. The highest BCUT2D eigenvalue weighted by atomic mass is 15.0. The maximum absolute atomic E-state index is 2.50. The first-order chi connectivity index (χ1) is 22.8. The van der Waals surface area contributed by atoms with Crippen molar-refractivity contribution < 1.29 is 0 Å². The highest BCUT2D eigenvalue weighted by molar-refractivity contribution is 6.24. The van der Waals surface area contributed by atoms with E-state index in [9.17, 15) is 0 Å². The quantitative estimate of drug-likeness (QED) is 0.195. The van der Waals surface area contributed by atoms with Gasteiger partial charge in [-0.15, -0.1) is 0 Å². The van der Waals surface area contributed by atoms with Crippen LogP contribution in [0.1, 0.15) is 0 Å². The Hall–Kier alpha value is -6.12. The molecule has 2 aromatic heterocycles. The summed E-state index contributed by atoms with van der Waals surface area (Å²) in [5, 5.41) is 10.0. The SMILES string of the molecule is c1ccc(-c2cccc3c2c2cc4c(cc2n3-c2ccccc2)c2ccc3ccccc3c2n4-c2ccc3ccccc3c2)cc1. The van der Waals surface area contributed by atoms with E-state index in [-0.39, 0.29) is 0 Å². The van der Waals surface area contributed by atoms with E-state index >= 15 is 0 Å².